The van der Waals surface area contributed by atoms with Crippen molar-refractivity contribution < 1.29 is 4.79 Å². The molecule has 0 aliphatic rings. The standard InChI is InChI=1S/C16H18N6O/c1-11-14(7-8-17-11)15(23)19-12-5-4-6-13(9-12)22-10-18-16(20-22)21(2)3/h4-10,17H,1-3H3,(H,19,23). The van der Waals surface area contributed by atoms with Crippen molar-refractivity contribution in [3.05, 3.63) is 54.1 Å². The molecular weight excluding hydrogens is 292 g/mol. The van der Waals surface area contributed by atoms with Gasteiger partial charge in [-0.25, -0.2) is 4.68 Å². The molecule has 0 unspecified atom stereocenters. The molecule has 0 aliphatic heterocycles. The van der Waals surface area contributed by atoms with E-state index in [9.17, 15) is 4.79 Å². The van der Waals surface area contributed by atoms with E-state index in [1.165, 1.54) is 0 Å². The van der Waals surface area contributed by atoms with E-state index in [0.717, 1.165) is 11.4 Å². The molecule has 3 aromatic rings. The summed E-state index contributed by atoms with van der Waals surface area (Å²) in [4.78, 5) is 21.3. The first-order valence-electron chi connectivity index (χ1n) is 7.19. The molecule has 23 heavy (non-hydrogen) atoms. The summed E-state index contributed by atoms with van der Waals surface area (Å²) in [6, 6.07) is 9.23. The SMILES string of the molecule is Cc1[nH]ccc1C(=O)Nc1cccc(-n2cnc(N(C)C)n2)c1. The maximum absolute atomic E-state index is 12.3. The molecule has 0 saturated carbocycles. The minimum Gasteiger partial charge on any atom is -0.365 e. The number of rotatable bonds is 4. The lowest BCUT2D eigenvalue weighted by molar-refractivity contribution is 0.102. The molecule has 2 aromatic heterocycles. The summed E-state index contributed by atoms with van der Waals surface area (Å²) in [7, 11) is 3.77. The molecular formula is C16H18N6O. The quantitative estimate of drug-likeness (QED) is 0.774. The van der Waals surface area contributed by atoms with E-state index in [1.54, 1.807) is 23.3 Å². The molecule has 7 heteroatoms. The second-order valence-corrected chi connectivity index (χ2v) is 5.40. The molecule has 0 spiro atoms. The van der Waals surface area contributed by atoms with Crippen molar-refractivity contribution in [1.82, 2.24) is 19.7 Å². The van der Waals surface area contributed by atoms with Crippen LogP contribution in [0.25, 0.3) is 5.69 Å². The molecule has 7 nitrogen and oxygen atoms in total. The molecule has 0 radical (unpaired) electrons. The van der Waals surface area contributed by atoms with Crippen molar-refractivity contribution in [3.63, 3.8) is 0 Å². The first-order valence-corrected chi connectivity index (χ1v) is 7.19. The molecule has 0 fully saturated rings. The third kappa shape index (κ3) is 3.08. The second kappa shape index (κ2) is 5.96. The molecule has 118 valence electrons. The Morgan fingerprint density at radius 3 is 2.78 bits per heavy atom. The minimum atomic E-state index is -0.145. The number of hydrogen-bond donors (Lipinski definition) is 2. The molecule has 1 aromatic carbocycles. The van der Waals surface area contributed by atoms with Gasteiger partial charge in [0.1, 0.15) is 6.33 Å². The Morgan fingerprint density at radius 1 is 1.30 bits per heavy atom. The van der Waals surface area contributed by atoms with Gasteiger partial charge in [0, 0.05) is 31.7 Å². The van der Waals surface area contributed by atoms with Crippen LogP contribution in [0.2, 0.25) is 0 Å². The van der Waals surface area contributed by atoms with Gasteiger partial charge in [0.15, 0.2) is 0 Å². The van der Waals surface area contributed by atoms with E-state index in [-0.39, 0.29) is 5.91 Å². The lowest BCUT2D eigenvalue weighted by Crippen LogP contribution is -2.13. The van der Waals surface area contributed by atoms with E-state index in [4.69, 9.17) is 0 Å². The van der Waals surface area contributed by atoms with Crippen LogP contribution in [0.1, 0.15) is 16.1 Å². The Hall–Kier alpha value is -3.09. The third-order valence-electron chi connectivity index (χ3n) is 3.45. The Labute approximate surface area is 134 Å². The molecule has 0 aliphatic carbocycles. The fourth-order valence-electron chi connectivity index (χ4n) is 2.21. The highest BCUT2D eigenvalue weighted by atomic mass is 16.1. The van der Waals surface area contributed by atoms with Crippen LogP contribution in [0, 0.1) is 6.92 Å². The fraction of sp³-hybridized carbons (Fsp3) is 0.188. The number of aryl methyl sites for hydroxylation is 1. The van der Waals surface area contributed by atoms with E-state index < -0.39 is 0 Å². The monoisotopic (exact) mass is 310 g/mol. The predicted octanol–water partition coefficient (Wildman–Crippen LogP) is 2.22. The molecule has 3 rings (SSSR count). The van der Waals surface area contributed by atoms with Gasteiger partial charge < -0.3 is 15.2 Å². The third-order valence-corrected chi connectivity index (χ3v) is 3.45. The number of aromatic nitrogens is 4. The maximum Gasteiger partial charge on any atom is 0.257 e. The van der Waals surface area contributed by atoms with Crippen LogP contribution < -0.4 is 10.2 Å². The van der Waals surface area contributed by atoms with Gasteiger partial charge in [-0.2, -0.15) is 4.98 Å². The van der Waals surface area contributed by atoms with Crippen LogP contribution >= 0.6 is 0 Å². The number of benzene rings is 1. The lowest BCUT2D eigenvalue weighted by atomic mass is 10.2. The number of carbonyl (C=O) groups excluding carboxylic acids is 1. The van der Waals surface area contributed by atoms with Crippen LogP contribution in [0.4, 0.5) is 11.6 Å². The van der Waals surface area contributed by atoms with E-state index >= 15 is 0 Å². The number of amides is 1. The number of carbonyl (C=O) groups is 1. The average molecular weight is 310 g/mol. The van der Waals surface area contributed by atoms with Gasteiger partial charge in [-0.15, -0.1) is 5.10 Å². The zero-order valence-electron chi connectivity index (χ0n) is 13.2. The van der Waals surface area contributed by atoms with Gasteiger partial charge in [0.2, 0.25) is 5.95 Å². The number of aromatic amines is 1. The van der Waals surface area contributed by atoms with Gasteiger partial charge in [-0.3, -0.25) is 4.79 Å². The van der Waals surface area contributed by atoms with Gasteiger partial charge in [0.25, 0.3) is 5.91 Å². The Bertz CT molecular complexity index is 832. The van der Waals surface area contributed by atoms with Gasteiger partial charge >= 0.3 is 0 Å². The van der Waals surface area contributed by atoms with Crippen LogP contribution in [-0.2, 0) is 0 Å². The Balaban J connectivity index is 1.82. The summed E-state index contributed by atoms with van der Waals surface area (Å²) in [5.41, 5.74) is 3.00. The molecule has 2 N–H and O–H groups in total. The van der Waals surface area contributed by atoms with Crippen LogP contribution in [-0.4, -0.2) is 39.8 Å². The van der Waals surface area contributed by atoms with Crippen molar-refractivity contribution >= 4 is 17.5 Å². The van der Waals surface area contributed by atoms with Crippen LogP contribution in [0.3, 0.4) is 0 Å². The fourth-order valence-corrected chi connectivity index (χ4v) is 2.21. The topological polar surface area (TPSA) is 78.8 Å². The highest BCUT2D eigenvalue weighted by Gasteiger charge is 2.11. The summed E-state index contributed by atoms with van der Waals surface area (Å²) >= 11 is 0. The van der Waals surface area contributed by atoms with Gasteiger partial charge in [0.05, 0.1) is 11.3 Å². The number of nitrogens with one attached hydrogen (secondary N) is 2. The summed E-state index contributed by atoms with van der Waals surface area (Å²) in [6.45, 7) is 1.86. The van der Waals surface area contributed by atoms with Crippen molar-refractivity contribution in [2.45, 2.75) is 6.92 Å². The van der Waals surface area contributed by atoms with Crippen molar-refractivity contribution in [3.8, 4) is 5.69 Å². The number of hydrogen-bond acceptors (Lipinski definition) is 4. The van der Waals surface area contributed by atoms with Crippen LogP contribution in [0.5, 0.6) is 0 Å². The first-order chi connectivity index (χ1) is 11.0. The van der Waals surface area contributed by atoms with E-state index in [1.807, 2.05) is 50.2 Å². The molecule has 1 amide bonds. The number of nitrogens with zero attached hydrogens (tertiary/aromatic N) is 4. The lowest BCUT2D eigenvalue weighted by Gasteiger charge is -2.08. The molecule has 0 atom stereocenters. The van der Waals surface area contributed by atoms with Gasteiger partial charge in [-0.05, 0) is 31.2 Å². The predicted molar refractivity (Wildman–Crippen MR) is 89.2 cm³/mol. The second-order valence-electron chi connectivity index (χ2n) is 5.40. The van der Waals surface area contributed by atoms with Crippen molar-refractivity contribution in [2.75, 3.05) is 24.3 Å². The van der Waals surface area contributed by atoms with E-state index in [2.05, 4.69) is 20.4 Å². The molecule has 0 saturated heterocycles. The summed E-state index contributed by atoms with van der Waals surface area (Å²) in [5, 5.41) is 7.27. The molecule has 2 heterocycles. The normalized spacial score (nSPS) is 10.6. The smallest absolute Gasteiger partial charge is 0.257 e. The first kappa shape index (κ1) is 14.8. The maximum atomic E-state index is 12.3. The van der Waals surface area contributed by atoms with Crippen molar-refractivity contribution in [2.24, 2.45) is 0 Å². The zero-order chi connectivity index (χ0) is 16.4. The zero-order valence-corrected chi connectivity index (χ0v) is 13.2. The highest BCUT2D eigenvalue weighted by molar-refractivity contribution is 6.05. The van der Waals surface area contributed by atoms with Crippen molar-refractivity contribution in [1.29, 1.82) is 0 Å². The number of H-pyrrole nitrogens is 1. The number of anilines is 2. The minimum absolute atomic E-state index is 0.145. The van der Waals surface area contributed by atoms with Gasteiger partial charge in [-0.1, -0.05) is 6.07 Å². The Kier molecular flexibility index (Phi) is 3.84. The average Bonchev–Trinajstić information content (AvgIpc) is 3.16. The summed E-state index contributed by atoms with van der Waals surface area (Å²) in [5.74, 6) is 0.482. The van der Waals surface area contributed by atoms with E-state index in [0.29, 0.717) is 17.2 Å². The van der Waals surface area contributed by atoms with Crippen LogP contribution in [0.15, 0.2) is 42.9 Å². The molecule has 0 bridgehead atoms. The summed E-state index contributed by atoms with van der Waals surface area (Å²) in [6.07, 6.45) is 3.39. The summed E-state index contributed by atoms with van der Waals surface area (Å²) < 4.78 is 1.67. The highest BCUT2D eigenvalue weighted by Crippen LogP contribution is 2.16. The largest absolute Gasteiger partial charge is 0.365 e. The Morgan fingerprint density at radius 2 is 2.13 bits per heavy atom.